The summed E-state index contributed by atoms with van der Waals surface area (Å²) in [5, 5.41) is 16.5. The first-order chi connectivity index (χ1) is 9.65. The number of benzene rings is 1. The highest BCUT2D eigenvalue weighted by Crippen LogP contribution is 2.25. The van der Waals surface area contributed by atoms with Crippen LogP contribution in [0.5, 0.6) is 0 Å². The van der Waals surface area contributed by atoms with Gasteiger partial charge in [-0.05, 0) is 31.2 Å². The summed E-state index contributed by atoms with van der Waals surface area (Å²) in [6.45, 7) is 1.80. The van der Waals surface area contributed by atoms with Crippen LogP contribution in [0.4, 0.5) is 11.5 Å². The van der Waals surface area contributed by atoms with Crippen LogP contribution in [-0.2, 0) is 0 Å². The van der Waals surface area contributed by atoms with Crippen molar-refractivity contribution in [2.24, 2.45) is 0 Å². The molecular formula is C13H10N4O3. The van der Waals surface area contributed by atoms with E-state index in [4.69, 9.17) is 9.63 Å². The Balaban J connectivity index is 1.96. The van der Waals surface area contributed by atoms with Crippen molar-refractivity contribution in [2.75, 3.05) is 5.32 Å². The number of carbonyl (C=O) groups is 1. The third-order valence-electron chi connectivity index (χ3n) is 2.84. The highest BCUT2D eigenvalue weighted by Gasteiger charge is 2.12. The van der Waals surface area contributed by atoms with Crippen molar-refractivity contribution >= 4 is 28.6 Å². The molecule has 3 rings (SSSR count). The SMILES string of the molecule is Cc1noc2ncnc(Nc3ccc(C(=O)O)cc3)c12. The maximum absolute atomic E-state index is 10.8. The standard InChI is InChI=1S/C13H10N4O3/c1-7-10-11(14-6-15-12(10)20-17-7)16-9-4-2-8(3-5-9)13(18)19/h2-6H,1H3,(H,18,19)(H,14,15,16). The molecule has 0 radical (unpaired) electrons. The fourth-order valence-corrected chi connectivity index (χ4v) is 1.85. The van der Waals surface area contributed by atoms with Crippen LogP contribution in [0, 0.1) is 6.92 Å². The van der Waals surface area contributed by atoms with Crippen molar-refractivity contribution in [3.63, 3.8) is 0 Å². The van der Waals surface area contributed by atoms with Gasteiger partial charge in [-0.25, -0.2) is 9.78 Å². The van der Waals surface area contributed by atoms with Gasteiger partial charge in [0.25, 0.3) is 5.71 Å². The van der Waals surface area contributed by atoms with Crippen LogP contribution >= 0.6 is 0 Å². The van der Waals surface area contributed by atoms with Gasteiger partial charge >= 0.3 is 5.97 Å². The molecule has 0 saturated heterocycles. The highest BCUT2D eigenvalue weighted by atomic mass is 16.5. The molecule has 2 heterocycles. The summed E-state index contributed by atoms with van der Waals surface area (Å²) in [7, 11) is 0. The molecule has 0 spiro atoms. The fraction of sp³-hybridized carbons (Fsp3) is 0.0769. The second kappa shape index (κ2) is 4.61. The van der Waals surface area contributed by atoms with Gasteiger partial charge in [0.2, 0.25) is 0 Å². The van der Waals surface area contributed by atoms with Crippen LogP contribution in [0.2, 0.25) is 0 Å². The van der Waals surface area contributed by atoms with E-state index in [-0.39, 0.29) is 5.56 Å². The Labute approximate surface area is 113 Å². The molecule has 20 heavy (non-hydrogen) atoms. The molecule has 0 unspecified atom stereocenters. The quantitative estimate of drug-likeness (QED) is 0.753. The van der Waals surface area contributed by atoms with Crippen molar-refractivity contribution in [1.29, 1.82) is 0 Å². The summed E-state index contributed by atoms with van der Waals surface area (Å²) in [6.07, 6.45) is 1.38. The molecular weight excluding hydrogens is 260 g/mol. The first kappa shape index (κ1) is 12.1. The zero-order valence-corrected chi connectivity index (χ0v) is 10.5. The molecule has 0 aliphatic heterocycles. The minimum Gasteiger partial charge on any atom is -0.478 e. The number of aromatic nitrogens is 3. The third kappa shape index (κ3) is 2.05. The lowest BCUT2D eigenvalue weighted by atomic mass is 10.2. The van der Waals surface area contributed by atoms with Gasteiger partial charge in [-0.1, -0.05) is 5.16 Å². The van der Waals surface area contributed by atoms with Gasteiger partial charge in [0.15, 0.2) is 0 Å². The van der Waals surface area contributed by atoms with Crippen molar-refractivity contribution in [3.05, 3.63) is 41.9 Å². The number of rotatable bonds is 3. The number of aryl methyl sites for hydroxylation is 1. The number of nitrogens with zero attached hydrogens (tertiary/aromatic N) is 3. The minimum absolute atomic E-state index is 0.226. The Morgan fingerprint density at radius 2 is 2.00 bits per heavy atom. The van der Waals surface area contributed by atoms with Crippen molar-refractivity contribution < 1.29 is 14.4 Å². The maximum atomic E-state index is 10.8. The molecule has 0 saturated carbocycles. The molecule has 3 aromatic rings. The maximum Gasteiger partial charge on any atom is 0.335 e. The first-order valence-corrected chi connectivity index (χ1v) is 5.82. The normalized spacial score (nSPS) is 10.7. The predicted molar refractivity (Wildman–Crippen MR) is 71.0 cm³/mol. The van der Waals surface area contributed by atoms with E-state index in [0.29, 0.717) is 22.6 Å². The van der Waals surface area contributed by atoms with E-state index in [2.05, 4.69) is 20.4 Å². The molecule has 0 atom stereocenters. The molecule has 0 fully saturated rings. The molecule has 2 aromatic heterocycles. The molecule has 0 amide bonds. The van der Waals surface area contributed by atoms with Crippen LogP contribution in [-0.4, -0.2) is 26.2 Å². The lowest BCUT2D eigenvalue weighted by Crippen LogP contribution is -1.98. The van der Waals surface area contributed by atoms with Crippen molar-refractivity contribution in [3.8, 4) is 0 Å². The molecule has 2 N–H and O–H groups in total. The molecule has 0 aliphatic carbocycles. The first-order valence-electron chi connectivity index (χ1n) is 5.82. The zero-order valence-electron chi connectivity index (χ0n) is 10.5. The lowest BCUT2D eigenvalue weighted by molar-refractivity contribution is 0.0697. The smallest absolute Gasteiger partial charge is 0.335 e. The van der Waals surface area contributed by atoms with Gasteiger partial charge in [-0.15, -0.1) is 0 Å². The lowest BCUT2D eigenvalue weighted by Gasteiger charge is -2.06. The van der Waals surface area contributed by atoms with E-state index in [1.807, 2.05) is 0 Å². The topological polar surface area (TPSA) is 101 Å². The number of aromatic carboxylic acids is 1. The Bertz CT molecular complexity index is 780. The Hall–Kier alpha value is -2.96. The zero-order chi connectivity index (χ0) is 14.1. The summed E-state index contributed by atoms with van der Waals surface area (Å²) in [4.78, 5) is 18.9. The number of anilines is 2. The monoisotopic (exact) mass is 270 g/mol. The van der Waals surface area contributed by atoms with E-state index in [0.717, 1.165) is 5.69 Å². The molecule has 7 heteroatoms. The van der Waals surface area contributed by atoms with E-state index in [1.54, 1.807) is 19.1 Å². The molecule has 1 aromatic carbocycles. The molecule has 0 bridgehead atoms. The second-order valence-corrected chi connectivity index (χ2v) is 4.18. The number of carboxylic acid groups (broad SMARTS) is 1. The summed E-state index contributed by atoms with van der Waals surface area (Å²) in [5.41, 5.74) is 2.03. The average Bonchev–Trinajstić information content (AvgIpc) is 2.82. The summed E-state index contributed by atoms with van der Waals surface area (Å²) < 4.78 is 5.06. The number of hydrogen-bond acceptors (Lipinski definition) is 6. The second-order valence-electron chi connectivity index (χ2n) is 4.18. The third-order valence-corrected chi connectivity index (χ3v) is 2.84. The van der Waals surface area contributed by atoms with Crippen LogP contribution in [0.3, 0.4) is 0 Å². The predicted octanol–water partition coefficient (Wildman–Crippen LogP) is 2.37. The van der Waals surface area contributed by atoms with Crippen LogP contribution in [0.25, 0.3) is 11.1 Å². The number of carboxylic acids is 1. The number of nitrogens with one attached hydrogen (secondary N) is 1. The Kier molecular flexibility index (Phi) is 2.79. The van der Waals surface area contributed by atoms with Crippen LogP contribution in [0.1, 0.15) is 16.1 Å². The highest BCUT2D eigenvalue weighted by molar-refractivity contribution is 5.90. The van der Waals surface area contributed by atoms with Crippen molar-refractivity contribution in [2.45, 2.75) is 6.92 Å². The summed E-state index contributed by atoms with van der Waals surface area (Å²) >= 11 is 0. The largest absolute Gasteiger partial charge is 0.478 e. The van der Waals surface area contributed by atoms with E-state index in [1.165, 1.54) is 18.5 Å². The van der Waals surface area contributed by atoms with Crippen molar-refractivity contribution in [1.82, 2.24) is 15.1 Å². The molecule has 0 aliphatic rings. The summed E-state index contributed by atoms with van der Waals surface area (Å²) in [5.74, 6) is -0.396. The van der Waals surface area contributed by atoms with Crippen LogP contribution < -0.4 is 5.32 Å². The number of fused-ring (bicyclic) bond motifs is 1. The minimum atomic E-state index is -0.962. The van der Waals surface area contributed by atoms with Gasteiger partial charge in [0.05, 0.1) is 11.3 Å². The number of hydrogen-bond donors (Lipinski definition) is 2. The van der Waals surface area contributed by atoms with Gasteiger partial charge < -0.3 is 14.9 Å². The van der Waals surface area contributed by atoms with Crippen LogP contribution in [0.15, 0.2) is 35.1 Å². The van der Waals surface area contributed by atoms with Gasteiger partial charge in [-0.3, -0.25) is 0 Å². The van der Waals surface area contributed by atoms with Gasteiger partial charge in [0, 0.05) is 5.69 Å². The summed E-state index contributed by atoms with van der Waals surface area (Å²) in [6, 6.07) is 6.37. The van der Waals surface area contributed by atoms with Gasteiger partial charge in [0.1, 0.15) is 17.5 Å². The Morgan fingerprint density at radius 3 is 2.70 bits per heavy atom. The Morgan fingerprint density at radius 1 is 1.25 bits per heavy atom. The van der Waals surface area contributed by atoms with E-state index in [9.17, 15) is 4.79 Å². The fourth-order valence-electron chi connectivity index (χ4n) is 1.85. The van der Waals surface area contributed by atoms with E-state index < -0.39 is 5.97 Å². The molecule has 100 valence electrons. The van der Waals surface area contributed by atoms with Gasteiger partial charge in [-0.2, -0.15) is 4.98 Å². The molecule has 7 nitrogen and oxygen atoms in total. The van der Waals surface area contributed by atoms with E-state index >= 15 is 0 Å². The average molecular weight is 270 g/mol.